The average molecular weight is 600 g/mol. The van der Waals surface area contributed by atoms with Crippen LogP contribution in [-0.4, -0.2) is 49.6 Å². The Balaban J connectivity index is 0.000000174. The summed E-state index contributed by atoms with van der Waals surface area (Å²) in [5.74, 6) is 1.81. The first-order chi connectivity index (χ1) is 19.2. The van der Waals surface area contributed by atoms with Crippen molar-refractivity contribution in [3.8, 4) is 0 Å². The molecule has 220 valence electrons. The first-order valence-corrected chi connectivity index (χ1v) is 15.0. The molecular formula is C31H40Cl2N6O2. The molecule has 0 saturated carbocycles. The van der Waals surface area contributed by atoms with E-state index in [9.17, 15) is 4.79 Å². The minimum atomic E-state index is -0.515. The highest BCUT2D eigenvalue weighted by Crippen LogP contribution is 2.39. The molecule has 0 bridgehead atoms. The lowest BCUT2D eigenvalue weighted by Crippen LogP contribution is -2.46. The zero-order chi connectivity index (χ0) is 29.7. The van der Waals surface area contributed by atoms with Crippen molar-refractivity contribution in [3.63, 3.8) is 0 Å². The number of halogens is 2. The number of H-pyrrole nitrogens is 2. The number of nitrogens with zero attached hydrogens (tertiary/aromatic N) is 3. The van der Waals surface area contributed by atoms with Crippen molar-refractivity contribution in [2.75, 3.05) is 13.1 Å². The molecular weight excluding hydrogens is 559 g/mol. The Hall–Kier alpha value is -2.81. The van der Waals surface area contributed by atoms with E-state index < -0.39 is 11.1 Å². The third kappa shape index (κ3) is 5.66. The minimum Gasteiger partial charge on any atom is -0.444 e. The van der Waals surface area contributed by atoms with Crippen molar-refractivity contribution in [3.05, 3.63) is 57.1 Å². The number of aromatic nitrogens is 4. The quantitative estimate of drug-likeness (QED) is 0.218. The van der Waals surface area contributed by atoms with Crippen LogP contribution in [-0.2, 0) is 15.8 Å². The highest BCUT2D eigenvalue weighted by atomic mass is 35.5. The molecule has 2 aliphatic heterocycles. The Kier molecular flexibility index (Phi) is 7.81. The summed E-state index contributed by atoms with van der Waals surface area (Å²) in [5, 5.41) is 4.99. The third-order valence-corrected chi connectivity index (χ3v) is 9.16. The van der Waals surface area contributed by atoms with Crippen LogP contribution in [0.4, 0.5) is 4.79 Å². The molecule has 10 heteroatoms. The van der Waals surface area contributed by atoms with Crippen LogP contribution in [0.1, 0.15) is 83.1 Å². The number of imidazole rings is 2. The number of amides is 1. The largest absolute Gasteiger partial charge is 0.444 e. The summed E-state index contributed by atoms with van der Waals surface area (Å²) in [6, 6.07) is 7.71. The fourth-order valence-electron chi connectivity index (χ4n) is 5.81. The van der Waals surface area contributed by atoms with Crippen molar-refractivity contribution < 1.29 is 9.53 Å². The standard InChI is InChI=1S/C18H24ClN3O2.C13H16ClN3/c1-11-12(19)7-8-13-14(11)21-15(20-13)18(5)9-6-10-22(18)16(23)24-17(2,3)4;1-8-9(14)4-5-10-11(8)17-12(16-10)13(2)6-3-7-15-13/h7-8H,6,9-10H2,1-5H3,(H,20,21);4-5,15H,3,6-7H2,1-2H3,(H,16,17)/t18-;13-/m00/s1. The molecule has 0 spiro atoms. The maximum atomic E-state index is 12.6. The van der Waals surface area contributed by atoms with Gasteiger partial charge in [0.15, 0.2) is 0 Å². The molecule has 6 rings (SSSR count). The van der Waals surface area contributed by atoms with Gasteiger partial charge in [0.2, 0.25) is 0 Å². The van der Waals surface area contributed by atoms with Crippen LogP contribution in [0.3, 0.4) is 0 Å². The second-order valence-electron chi connectivity index (χ2n) is 12.7. The van der Waals surface area contributed by atoms with Gasteiger partial charge in [0.1, 0.15) is 22.8 Å². The van der Waals surface area contributed by atoms with E-state index in [0.29, 0.717) is 11.6 Å². The predicted octanol–water partition coefficient (Wildman–Crippen LogP) is 7.89. The number of rotatable bonds is 2. The van der Waals surface area contributed by atoms with Crippen LogP contribution in [0.5, 0.6) is 0 Å². The van der Waals surface area contributed by atoms with Gasteiger partial charge in [-0.05, 0) is 116 Å². The Morgan fingerprint density at radius 1 is 0.902 bits per heavy atom. The molecule has 2 fully saturated rings. The number of likely N-dealkylation sites (tertiary alicyclic amines) is 1. The number of hydrogen-bond donors (Lipinski definition) is 3. The van der Waals surface area contributed by atoms with Crippen LogP contribution in [0, 0.1) is 13.8 Å². The lowest BCUT2D eigenvalue weighted by molar-refractivity contribution is 0.00870. The number of aryl methyl sites for hydroxylation is 2. The molecule has 0 radical (unpaired) electrons. The van der Waals surface area contributed by atoms with E-state index in [0.717, 1.165) is 75.7 Å². The average Bonchev–Trinajstić information content (AvgIpc) is 3.69. The van der Waals surface area contributed by atoms with Gasteiger partial charge in [0, 0.05) is 16.6 Å². The van der Waals surface area contributed by atoms with E-state index in [-0.39, 0.29) is 11.6 Å². The molecule has 2 saturated heterocycles. The van der Waals surface area contributed by atoms with Crippen molar-refractivity contribution in [2.45, 2.75) is 90.8 Å². The Labute approximate surface area is 251 Å². The zero-order valence-corrected chi connectivity index (χ0v) is 26.5. The van der Waals surface area contributed by atoms with Gasteiger partial charge in [-0.2, -0.15) is 0 Å². The molecule has 8 nitrogen and oxygen atoms in total. The summed E-state index contributed by atoms with van der Waals surface area (Å²) in [6.07, 6.45) is 3.80. The molecule has 2 aromatic heterocycles. The van der Waals surface area contributed by atoms with E-state index in [4.69, 9.17) is 37.9 Å². The van der Waals surface area contributed by atoms with Gasteiger partial charge in [0.25, 0.3) is 0 Å². The van der Waals surface area contributed by atoms with Crippen LogP contribution in [0.15, 0.2) is 24.3 Å². The molecule has 4 aromatic rings. The van der Waals surface area contributed by atoms with Crippen molar-refractivity contribution in [1.29, 1.82) is 0 Å². The van der Waals surface area contributed by atoms with Crippen LogP contribution in [0.25, 0.3) is 22.1 Å². The van der Waals surface area contributed by atoms with Gasteiger partial charge in [-0.25, -0.2) is 14.8 Å². The third-order valence-electron chi connectivity index (χ3n) is 8.34. The number of ether oxygens (including phenoxy) is 1. The number of benzene rings is 2. The molecule has 4 heterocycles. The Morgan fingerprint density at radius 2 is 1.46 bits per heavy atom. The monoisotopic (exact) mass is 598 g/mol. The van der Waals surface area contributed by atoms with Gasteiger partial charge in [0.05, 0.1) is 27.6 Å². The van der Waals surface area contributed by atoms with Gasteiger partial charge in [-0.3, -0.25) is 4.90 Å². The summed E-state index contributed by atoms with van der Waals surface area (Å²) in [6.45, 7) is 15.6. The SMILES string of the molecule is Cc1c(Cl)ccc2[nH]c([C@]3(C)CCCN3)nc12.Cc1c(Cl)ccc2[nH]c([C@]3(C)CCCN3C(=O)OC(C)(C)C)nc12. The number of aromatic amines is 2. The molecule has 2 atom stereocenters. The van der Waals surface area contributed by atoms with E-state index in [1.54, 1.807) is 4.90 Å². The fraction of sp³-hybridized carbons (Fsp3) is 0.516. The van der Waals surface area contributed by atoms with E-state index in [1.165, 1.54) is 6.42 Å². The van der Waals surface area contributed by atoms with E-state index in [2.05, 4.69) is 22.2 Å². The maximum absolute atomic E-state index is 12.6. The Bertz CT molecular complexity index is 1600. The molecule has 0 unspecified atom stereocenters. The second-order valence-corrected chi connectivity index (χ2v) is 13.5. The fourth-order valence-corrected chi connectivity index (χ4v) is 6.11. The van der Waals surface area contributed by atoms with Crippen molar-refractivity contribution >= 4 is 51.4 Å². The predicted molar refractivity (Wildman–Crippen MR) is 166 cm³/mol. The number of nitrogens with one attached hydrogen (secondary N) is 3. The summed E-state index contributed by atoms with van der Waals surface area (Å²) < 4.78 is 5.58. The van der Waals surface area contributed by atoms with Crippen LogP contribution in [0.2, 0.25) is 10.0 Å². The lowest BCUT2D eigenvalue weighted by atomic mass is 9.98. The molecule has 2 aromatic carbocycles. The molecule has 2 aliphatic rings. The van der Waals surface area contributed by atoms with Gasteiger partial charge in [-0.15, -0.1) is 0 Å². The number of carbonyl (C=O) groups is 1. The number of carbonyl (C=O) groups excluding carboxylic acids is 1. The van der Waals surface area contributed by atoms with Crippen molar-refractivity contribution in [2.24, 2.45) is 0 Å². The maximum Gasteiger partial charge on any atom is 0.411 e. The minimum absolute atomic E-state index is 0.0159. The molecule has 3 N–H and O–H groups in total. The highest BCUT2D eigenvalue weighted by Gasteiger charge is 2.45. The van der Waals surface area contributed by atoms with Gasteiger partial charge >= 0.3 is 6.09 Å². The van der Waals surface area contributed by atoms with E-state index in [1.807, 2.05) is 65.8 Å². The van der Waals surface area contributed by atoms with Crippen LogP contribution < -0.4 is 5.32 Å². The Morgan fingerprint density at radius 3 is 2.00 bits per heavy atom. The number of hydrogen-bond acceptors (Lipinski definition) is 5. The zero-order valence-electron chi connectivity index (χ0n) is 25.0. The van der Waals surface area contributed by atoms with Crippen molar-refractivity contribution in [1.82, 2.24) is 30.2 Å². The first kappa shape index (κ1) is 29.7. The van der Waals surface area contributed by atoms with E-state index >= 15 is 0 Å². The second kappa shape index (κ2) is 10.8. The van der Waals surface area contributed by atoms with Gasteiger partial charge < -0.3 is 20.0 Å². The van der Waals surface area contributed by atoms with Gasteiger partial charge in [-0.1, -0.05) is 23.2 Å². The first-order valence-electron chi connectivity index (χ1n) is 14.3. The topological polar surface area (TPSA) is 98.9 Å². The lowest BCUT2D eigenvalue weighted by Gasteiger charge is -2.34. The summed E-state index contributed by atoms with van der Waals surface area (Å²) in [7, 11) is 0. The summed E-state index contributed by atoms with van der Waals surface area (Å²) >= 11 is 12.3. The molecule has 0 aliphatic carbocycles. The summed E-state index contributed by atoms with van der Waals surface area (Å²) in [4.78, 5) is 30.7. The molecule has 41 heavy (non-hydrogen) atoms. The molecule has 1 amide bonds. The number of fused-ring (bicyclic) bond motifs is 2. The normalized spacial score (nSPS) is 22.8. The highest BCUT2D eigenvalue weighted by molar-refractivity contribution is 6.32. The van der Waals surface area contributed by atoms with Crippen LogP contribution >= 0.6 is 23.2 Å². The smallest absolute Gasteiger partial charge is 0.411 e. The summed E-state index contributed by atoms with van der Waals surface area (Å²) in [5.41, 5.74) is 4.81.